The highest BCUT2D eigenvalue weighted by Gasteiger charge is 2.14. The van der Waals surface area contributed by atoms with E-state index in [1.165, 1.54) is 0 Å². The normalized spacial score (nSPS) is 16.8. The average molecular weight is 255 g/mol. The molecule has 2 rings (SSSR count). The topological polar surface area (TPSA) is 64.4 Å². The van der Waals surface area contributed by atoms with E-state index < -0.39 is 5.91 Å². The molecule has 3 N–H and O–H groups in total. The van der Waals surface area contributed by atoms with Crippen LogP contribution in [0.15, 0.2) is 18.2 Å². The van der Waals surface area contributed by atoms with E-state index in [1.807, 2.05) is 6.07 Å². The van der Waals surface area contributed by atoms with Crippen LogP contribution in [0.25, 0.3) is 0 Å². The number of anilines is 1. The molecule has 1 saturated heterocycles. The molecule has 0 bridgehead atoms. The van der Waals surface area contributed by atoms with Gasteiger partial charge >= 0.3 is 0 Å². The second-order valence-electron chi connectivity index (χ2n) is 4.09. The first-order valence-electron chi connectivity index (χ1n) is 5.60. The van der Waals surface area contributed by atoms with Gasteiger partial charge in [0, 0.05) is 24.9 Å². The van der Waals surface area contributed by atoms with E-state index in [0.29, 0.717) is 16.6 Å². The van der Waals surface area contributed by atoms with Crippen LogP contribution in [0.2, 0.25) is 5.02 Å². The monoisotopic (exact) mass is 254 g/mol. The van der Waals surface area contributed by atoms with Gasteiger partial charge in [0.25, 0.3) is 0 Å². The van der Waals surface area contributed by atoms with Crippen LogP contribution in [0.1, 0.15) is 23.2 Å². The van der Waals surface area contributed by atoms with E-state index in [4.69, 9.17) is 22.1 Å². The minimum atomic E-state index is -0.509. The van der Waals surface area contributed by atoms with Crippen molar-refractivity contribution in [2.45, 2.75) is 18.9 Å². The molecule has 0 radical (unpaired) electrons. The van der Waals surface area contributed by atoms with Gasteiger partial charge in [-0.05, 0) is 31.0 Å². The molecule has 1 aromatic rings. The number of benzene rings is 1. The van der Waals surface area contributed by atoms with Gasteiger partial charge in [-0.1, -0.05) is 11.6 Å². The zero-order chi connectivity index (χ0) is 12.3. The van der Waals surface area contributed by atoms with Crippen LogP contribution >= 0.6 is 11.6 Å². The third-order valence-electron chi connectivity index (χ3n) is 2.82. The molecule has 1 aromatic carbocycles. The first kappa shape index (κ1) is 12.2. The summed E-state index contributed by atoms with van der Waals surface area (Å²) in [5.41, 5.74) is 6.47. The molecular formula is C12H15ClN2O2. The molecule has 4 nitrogen and oxygen atoms in total. The van der Waals surface area contributed by atoms with E-state index >= 15 is 0 Å². The summed E-state index contributed by atoms with van der Waals surface area (Å²) in [7, 11) is 0. The van der Waals surface area contributed by atoms with Crippen LogP contribution in [0.3, 0.4) is 0 Å². The van der Waals surface area contributed by atoms with E-state index in [9.17, 15) is 4.79 Å². The number of nitrogens with two attached hydrogens (primary N) is 1. The number of ether oxygens (including phenoxy) is 1. The summed E-state index contributed by atoms with van der Waals surface area (Å²) >= 11 is 5.89. The van der Waals surface area contributed by atoms with Crippen LogP contribution in [0.4, 0.5) is 5.69 Å². The SMILES string of the molecule is NC(=O)c1cc(NC2CCOCC2)ccc1Cl. The van der Waals surface area contributed by atoms with Crippen molar-refractivity contribution in [1.29, 1.82) is 0 Å². The fourth-order valence-electron chi connectivity index (χ4n) is 1.88. The molecule has 1 aliphatic heterocycles. The van der Waals surface area contributed by atoms with E-state index in [2.05, 4.69) is 5.32 Å². The van der Waals surface area contributed by atoms with Crippen molar-refractivity contribution in [3.63, 3.8) is 0 Å². The number of amides is 1. The molecule has 5 heteroatoms. The highest BCUT2D eigenvalue weighted by molar-refractivity contribution is 6.33. The third kappa shape index (κ3) is 3.11. The zero-order valence-corrected chi connectivity index (χ0v) is 10.2. The summed E-state index contributed by atoms with van der Waals surface area (Å²) in [4.78, 5) is 11.2. The number of nitrogens with one attached hydrogen (secondary N) is 1. The first-order chi connectivity index (χ1) is 8.16. The summed E-state index contributed by atoms with van der Waals surface area (Å²) in [5, 5.41) is 3.74. The summed E-state index contributed by atoms with van der Waals surface area (Å²) in [5.74, 6) is -0.509. The lowest BCUT2D eigenvalue weighted by Gasteiger charge is -2.24. The number of carbonyl (C=O) groups excluding carboxylic acids is 1. The van der Waals surface area contributed by atoms with Gasteiger partial charge in [0.2, 0.25) is 5.91 Å². The molecule has 1 aliphatic rings. The molecule has 1 fully saturated rings. The molecule has 0 aromatic heterocycles. The molecule has 0 unspecified atom stereocenters. The van der Waals surface area contributed by atoms with E-state index in [-0.39, 0.29) is 0 Å². The first-order valence-corrected chi connectivity index (χ1v) is 5.98. The van der Waals surface area contributed by atoms with Gasteiger partial charge in [-0.15, -0.1) is 0 Å². The number of primary amides is 1. The van der Waals surface area contributed by atoms with Gasteiger partial charge in [-0.2, -0.15) is 0 Å². The van der Waals surface area contributed by atoms with Gasteiger partial charge in [-0.3, -0.25) is 4.79 Å². The third-order valence-corrected chi connectivity index (χ3v) is 3.15. The fraction of sp³-hybridized carbons (Fsp3) is 0.417. The Hall–Kier alpha value is -1.26. The molecule has 0 saturated carbocycles. The standard InChI is InChI=1S/C12H15ClN2O2/c13-11-2-1-9(7-10(11)12(14)16)15-8-3-5-17-6-4-8/h1-2,7-8,15H,3-6H2,(H2,14,16). The van der Waals surface area contributed by atoms with Crippen LogP contribution < -0.4 is 11.1 Å². The average Bonchev–Trinajstić information content (AvgIpc) is 2.32. The maximum Gasteiger partial charge on any atom is 0.250 e. The van der Waals surface area contributed by atoms with Crippen molar-refractivity contribution < 1.29 is 9.53 Å². The maximum absolute atomic E-state index is 11.2. The van der Waals surface area contributed by atoms with Crippen LogP contribution in [0.5, 0.6) is 0 Å². The molecule has 92 valence electrons. The van der Waals surface area contributed by atoms with E-state index in [1.54, 1.807) is 12.1 Å². The second-order valence-corrected chi connectivity index (χ2v) is 4.50. The van der Waals surface area contributed by atoms with Gasteiger partial charge in [0.15, 0.2) is 0 Å². The Morgan fingerprint density at radius 2 is 2.12 bits per heavy atom. The van der Waals surface area contributed by atoms with E-state index in [0.717, 1.165) is 31.7 Å². The molecule has 0 spiro atoms. The lowest BCUT2D eigenvalue weighted by atomic mass is 10.1. The molecular weight excluding hydrogens is 240 g/mol. The van der Waals surface area contributed by atoms with Crippen LogP contribution in [-0.2, 0) is 4.74 Å². The van der Waals surface area contributed by atoms with Crippen molar-refractivity contribution in [3.8, 4) is 0 Å². The van der Waals surface area contributed by atoms with Crippen molar-refractivity contribution in [1.82, 2.24) is 0 Å². The number of halogens is 1. The molecule has 1 heterocycles. The van der Waals surface area contributed by atoms with Crippen LogP contribution in [-0.4, -0.2) is 25.2 Å². The Morgan fingerprint density at radius 3 is 2.76 bits per heavy atom. The van der Waals surface area contributed by atoms with Crippen molar-refractivity contribution >= 4 is 23.2 Å². The maximum atomic E-state index is 11.2. The summed E-state index contributed by atoms with van der Waals surface area (Å²) in [6.45, 7) is 1.54. The second kappa shape index (κ2) is 5.38. The van der Waals surface area contributed by atoms with Gasteiger partial charge in [-0.25, -0.2) is 0 Å². The number of hydrogen-bond donors (Lipinski definition) is 2. The van der Waals surface area contributed by atoms with Gasteiger partial charge in [0.1, 0.15) is 0 Å². The predicted octanol–water partition coefficient (Wildman–Crippen LogP) is 2.03. The smallest absolute Gasteiger partial charge is 0.250 e. The zero-order valence-electron chi connectivity index (χ0n) is 9.41. The van der Waals surface area contributed by atoms with Gasteiger partial charge < -0.3 is 15.8 Å². The number of rotatable bonds is 3. The summed E-state index contributed by atoms with van der Waals surface area (Å²) in [6, 6.07) is 5.61. The Balaban J connectivity index is 2.10. The predicted molar refractivity (Wildman–Crippen MR) is 67.4 cm³/mol. The summed E-state index contributed by atoms with van der Waals surface area (Å²) < 4.78 is 5.28. The van der Waals surface area contributed by atoms with Gasteiger partial charge in [0.05, 0.1) is 10.6 Å². The lowest BCUT2D eigenvalue weighted by molar-refractivity contribution is 0.0904. The number of hydrogen-bond acceptors (Lipinski definition) is 3. The fourth-order valence-corrected chi connectivity index (χ4v) is 2.09. The largest absolute Gasteiger partial charge is 0.382 e. The Morgan fingerprint density at radius 1 is 1.41 bits per heavy atom. The molecule has 0 atom stereocenters. The lowest BCUT2D eigenvalue weighted by Crippen LogP contribution is -2.28. The highest BCUT2D eigenvalue weighted by Crippen LogP contribution is 2.22. The minimum Gasteiger partial charge on any atom is -0.382 e. The summed E-state index contributed by atoms with van der Waals surface area (Å²) in [6.07, 6.45) is 1.93. The molecule has 1 amide bonds. The van der Waals surface area contributed by atoms with Crippen molar-refractivity contribution in [3.05, 3.63) is 28.8 Å². The molecule has 17 heavy (non-hydrogen) atoms. The minimum absolute atomic E-state index is 0.351. The Kier molecular flexibility index (Phi) is 3.86. The van der Waals surface area contributed by atoms with Crippen molar-refractivity contribution in [2.75, 3.05) is 18.5 Å². The Bertz CT molecular complexity index is 417. The highest BCUT2D eigenvalue weighted by atomic mass is 35.5. The van der Waals surface area contributed by atoms with Crippen LogP contribution in [0, 0.1) is 0 Å². The number of carbonyl (C=O) groups is 1. The Labute approximate surface area is 105 Å². The quantitative estimate of drug-likeness (QED) is 0.868. The van der Waals surface area contributed by atoms with Crippen molar-refractivity contribution in [2.24, 2.45) is 5.73 Å². The molecule has 0 aliphatic carbocycles.